The van der Waals surface area contributed by atoms with E-state index < -0.39 is 35.1 Å². The van der Waals surface area contributed by atoms with Crippen LogP contribution in [0.1, 0.15) is 0 Å². The second-order valence-electron chi connectivity index (χ2n) is 3.94. The number of alkyl halides is 3. The van der Waals surface area contributed by atoms with Crippen molar-refractivity contribution < 1.29 is 31.1 Å². The summed E-state index contributed by atoms with van der Waals surface area (Å²) < 4.78 is 80.5. The fraction of sp³-hybridized carbons (Fsp3) is 0.0769. The SMILES string of the molecule is Fc1cc(-c2c(F)cc(Br)cc2F)ccc1OC(F)(F)F. The van der Waals surface area contributed by atoms with Gasteiger partial charge >= 0.3 is 6.36 Å². The molecule has 0 saturated heterocycles. The molecule has 1 nitrogen and oxygen atoms in total. The summed E-state index contributed by atoms with van der Waals surface area (Å²) in [5.41, 5.74) is -0.791. The molecule has 0 saturated carbocycles. The maximum atomic E-state index is 13.7. The minimum atomic E-state index is -5.06. The number of benzene rings is 2. The van der Waals surface area contributed by atoms with Gasteiger partial charge in [0.2, 0.25) is 0 Å². The normalized spacial score (nSPS) is 11.6. The third-order valence-electron chi connectivity index (χ3n) is 2.45. The molecule has 112 valence electrons. The molecule has 0 radical (unpaired) electrons. The molecular weight excluding hydrogens is 366 g/mol. The molecule has 0 heterocycles. The van der Waals surface area contributed by atoms with Crippen LogP contribution in [0.3, 0.4) is 0 Å². The van der Waals surface area contributed by atoms with E-state index in [1.54, 1.807) is 0 Å². The number of halogens is 7. The molecule has 0 aliphatic heterocycles. The average Bonchev–Trinajstić information content (AvgIpc) is 2.29. The van der Waals surface area contributed by atoms with Crippen LogP contribution in [0.4, 0.5) is 26.3 Å². The zero-order chi connectivity index (χ0) is 15.8. The Hall–Kier alpha value is -1.70. The molecule has 0 atom stereocenters. The van der Waals surface area contributed by atoms with Crippen molar-refractivity contribution in [1.29, 1.82) is 0 Å². The maximum Gasteiger partial charge on any atom is 0.573 e. The number of ether oxygens (including phenoxy) is 1. The van der Waals surface area contributed by atoms with E-state index in [-0.39, 0.29) is 10.0 Å². The van der Waals surface area contributed by atoms with E-state index in [2.05, 4.69) is 20.7 Å². The predicted octanol–water partition coefficient (Wildman–Crippen LogP) is 5.43. The third-order valence-corrected chi connectivity index (χ3v) is 2.91. The Morgan fingerprint density at radius 2 is 1.43 bits per heavy atom. The van der Waals surface area contributed by atoms with Crippen LogP contribution in [0.2, 0.25) is 0 Å². The van der Waals surface area contributed by atoms with Crippen LogP contribution in [0.5, 0.6) is 5.75 Å². The van der Waals surface area contributed by atoms with Gasteiger partial charge in [0.25, 0.3) is 0 Å². The van der Waals surface area contributed by atoms with Crippen molar-refractivity contribution in [3.63, 3.8) is 0 Å². The van der Waals surface area contributed by atoms with Crippen molar-refractivity contribution >= 4 is 15.9 Å². The molecule has 0 aromatic heterocycles. The quantitative estimate of drug-likeness (QED) is 0.640. The van der Waals surface area contributed by atoms with Gasteiger partial charge in [0.15, 0.2) is 11.6 Å². The Balaban J connectivity index is 2.46. The Kier molecular flexibility index (Phi) is 4.18. The Labute approximate surface area is 123 Å². The zero-order valence-corrected chi connectivity index (χ0v) is 11.5. The number of hydrogen-bond donors (Lipinski definition) is 0. The first-order chi connectivity index (χ1) is 9.67. The van der Waals surface area contributed by atoms with Crippen LogP contribution in [0.25, 0.3) is 11.1 Å². The van der Waals surface area contributed by atoms with Gasteiger partial charge in [0.05, 0.1) is 5.56 Å². The topological polar surface area (TPSA) is 9.23 Å². The van der Waals surface area contributed by atoms with Crippen LogP contribution in [-0.2, 0) is 0 Å². The van der Waals surface area contributed by atoms with Crippen molar-refractivity contribution in [2.75, 3.05) is 0 Å². The van der Waals surface area contributed by atoms with Gasteiger partial charge in [-0.2, -0.15) is 0 Å². The van der Waals surface area contributed by atoms with Gasteiger partial charge in [-0.15, -0.1) is 13.2 Å². The number of hydrogen-bond acceptors (Lipinski definition) is 1. The molecule has 0 aliphatic carbocycles. The highest BCUT2D eigenvalue weighted by molar-refractivity contribution is 9.10. The summed E-state index contributed by atoms with van der Waals surface area (Å²) in [6.07, 6.45) is -5.06. The summed E-state index contributed by atoms with van der Waals surface area (Å²) in [5, 5.41) is 0. The largest absolute Gasteiger partial charge is 0.573 e. The van der Waals surface area contributed by atoms with Crippen LogP contribution in [-0.4, -0.2) is 6.36 Å². The van der Waals surface area contributed by atoms with Gasteiger partial charge < -0.3 is 4.74 Å². The lowest BCUT2D eigenvalue weighted by Gasteiger charge is -2.11. The fourth-order valence-corrected chi connectivity index (χ4v) is 2.08. The summed E-state index contributed by atoms with van der Waals surface area (Å²) in [7, 11) is 0. The Bertz CT molecular complexity index is 660. The monoisotopic (exact) mass is 370 g/mol. The van der Waals surface area contributed by atoms with Crippen LogP contribution >= 0.6 is 15.9 Å². The highest BCUT2D eigenvalue weighted by Gasteiger charge is 2.32. The summed E-state index contributed by atoms with van der Waals surface area (Å²) in [6.45, 7) is 0. The molecule has 0 bridgehead atoms. The van der Waals surface area contributed by atoms with Crippen molar-refractivity contribution in [2.24, 2.45) is 0 Å². The van der Waals surface area contributed by atoms with Gasteiger partial charge in [-0.1, -0.05) is 22.0 Å². The van der Waals surface area contributed by atoms with Gasteiger partial charge in [0.1, 0.15) is 11.6 Å². The fourth-order valence-electron chi connectivity index (χ4n) is 1.68. The summed E-state index contributed by atoms with van der Waals surface area (Å²) in [6, 6.07) is 4.06. The van der Waals surface area contributed by atoms with Crippen molar-refractivity contribution in [3.8, 4) is 16.9 Å². The van der Waals surface area contributed by atoms with Gasteiger partial charge in [0, 0.05) is 4.47 Å². The highest BCUT2D eigenvalue weighted by atomic mass is 79.9. The first-order valence-corrected chi connectivity index (χ1v) is 6.17. The van der Waals surface area contributed by atoms with E-state index in [1.165, 1.54) is 0 Å². The predicted molar refractivity (Wildman–Crippen MR) is 66.1 cm³/mol. The van der Waals surface area contributed by atoms with Gasteiger partial charge in [-0.05, 0) is 29.8 Å². The average molecular weight is 371 g/mol. The molecule has 0 spiro atoms. The first-order valence-electron chi connectivity index (χ1n) is 5.37. The maximum absolute atomic E-state index is 13.7. The third kappa shape index (κ3) is 3.69. The molecule has 0 aliphatic rings. The van der Waals surface area contributed by atoms with Crippen molar-refractivity contribution in [1.82, 2.24) is 0 Å². The summed E-state index contributed by atoms with van der Waals surface area (Å²) in [4.78, 5) is 0. The van der Waals surface area contributed by atoms with E-state index in [1.807, 2.05) is 0 Å². The molecule has 21 heavy (non-hydrogen) atoms. The lowest BCUT2D eigenvalue weighted by atomic mass is 10.0. The van der Waals surface area contributed by atoms with Crippen LogP contribution in [0, 0.1) is 17.5 Å². The minimum absolute atomic E-state index is 0.138. The standard InChI is InChI=1S/C13H5BrF6O/c14-7-4-9(16)12(10(17)5-7)6-1-2-11(8(15)3-6)21-13(18,19)20/h1-5H. The molecular formula is C13H5BrF6O. The van der Waals surface area contributed by atoms with Crippen molar-refractivity contribution in [2.45, 2.75) is 6.36 Å². The molecule has 0 unspecified atom stereocenters. The molecule has 2 rings (SSSR count). The molecule has 8 heteroatoms. The minimum Gasteiger partial charge on any atom is -0.403 e. The van der Waals surface area contributed by atoms with Crippen LogP contribution in [0.15, 0.2) is 34.8 Å². The lowest BCUT2D eigenvalue weighted by Crippen LogP contribution is -2.17. The molecule has 0 fully saturated rings. The first kappa shape index (κ1) is 15.7. The van der Waals surface area contributed by atoms with E-state index in [4.69, 9.17) is 0 Å². The molecule has 2 aromatic carbocycles. The highest BCUT2D eigenvalue weighted by Crippen LogP contribution is 2.33. The molecule has 0 amide bonds. The van der Waals surface area contributed by atoms with E-state index in [9.17, 15) is 26.3 Å². The smallest absolute Gasteiger partial charge is 0.403 e. The van der Waals surface area contributed by atoms with Gasteiger partial charge in [-0.3, -0.25) is 0 Å². The summed E-state index contributed by atoms with van der Waals surface area (Å²) >= 11 is 2.88. The Morgan fingerprint density at radius 1 is 0.857 bits per heavy atom. The zero-order valence-electron chi connectivity index (χ0n) is 9.94. The summed E-state index contributed by atoms with van der Waals surface area (Å²) in [5.74, 6) is -4.42. The molecule has 2 aromatic rings. The van der Waals surface area contributed by atoms with E-state index in [0.717, 1.165) is 18.2 Å². The van der Waals surface area contributed by atoms with E-state index in [0.29, 0.717) is 12.1 Å². The Morgan fingerprint density at radius 3 is 1.90 bits per heavy atom. The van der Waals surface area contributed by atoms with Gasteiger partial charge in [-0.25, -0.2) is 13.2 Å². The van der Waals surface area contributed by atoms with Crippen molar-refractivity contribution in [3.05, 3.63) is 52.3 Å². The second kappa shape index (κ2) is 5.59. The van der Waals surface area contributed by atoms with E-state index >= 15 is 0 Å². The second-order valence-corrected chi connectivity index (χ2v) is 4.85. The number of rotatable bonds is 2. The van der Waals surface area contributed by atoms with Crippen LogP contribution < -0.4 is 4.74 Å². The molecule has 0 N–H and O–H groups in total. The lowest BCUT2D eigenvalue weighted by molar-refractivity contribution is -0.275.